The molecule has 0 aromatic rings. The van der Waals surface area contributed by atoms with E-state index in [2.05, 4.69) is 10.2 Å². The van der Waals surface area contributed by atoms with Gasteiger partial charge in [0.1, 0.15) is 0 Å². The third kappa shape index (κ3) is 4.18. The van der Waals surface area contributed by atoms with Crippen LogP contribution in [0.4, 0.5) is 0 Å². The summed E-state index contributed by atoms with van der Waals surface area (Å²) in [4.78, 5) is 29.5. The molecule has 1 N–H and O–H groups in total. The summed E-state index contributed by atoms with van der Waals surface area (Å²) in [5.41, 5.74) is 0. The third-order valence-corrected chi connectivity index (χ3v) is 3.86. The van der Waals surface area contributed by atoms with Gasteiger partial charge in [-0.15, -0.1) is 0 Å². The van der Waals surface area contributed by atoms with E-state index in [0.717, 1.165) is 45.7 Å². The Morgan fingerprint density at radius 3 is 2.26 bits per heavy atom. The fraction of sp³-hybridized carbons (Fsp3) is 0.846. The van der Waals surface area contributed by atoms with Crippen LogP contribution in [0.3, 0.4) is 0 Å². The molecular formula is C13H24N4O2. The highest BCUT2D eigenvalue weighted by Crippen LogP contribution is 2.05. The number of nitrogens with zero attached hydrogens (tertiary/aromatic N) is 3. The molecule has 0 unspecified atom stereocenters. The van der Waals surface area contributed by atoms with Crippen LogP contribution >= 0.6 is 0 Å². The van der Waals surface area contributed by atoms with Crippen LogP contribution in [-0.2, 0) is 9.59 Å². The molecule has 2 heterocycles. The summed E-state index contributed by atoms with van der Waals surface area (Å²) in [6.45, 7) is 8.81. The number of amides is 2. The van der Waals surface area contributed by atoms with Crippen molar-refractivity contribution in [3.05, 3.63) is 0 Å². The van der Waals surface area contributed by atoms with Crippen LogP contribution < -0.4 is 5.32 Å². The molecule has 0 radical (unpaired) electrons. The second-order valence-corrected chi connectivity index (χ2v) is 5.27. The molecule has 0 saturated carbocycles. The van der Waals surface area contributed by atoms with Crippen LogP contribution in [0.15, 0.2) is 0 Å². The smallest absolute Gasteiger partial charge is 0.236 e. The van der Waals surface area contributed by atoms with Crippen molar-refractivity contribution in [2.45, 2.75) is 13.3 Å². The number of hydrogen-bond donors (Lipinski definition) is 1. The van der Waals surface area contributed by atoms with Gasteiger partial charge in [-0.05, 0) is 6.42 Å². The maximum Gasteiger partial charge on any atom is 0.236 e. The van der Waals surface area contributed by atoms with Crippen molar-refractivity contribution < 1.29 is 9.59 Å². The largest absolute Gasteiger partial charge is 0.341 e. The Labute approximate surface area is 114 Å². The summed E-state index contributed by atoms with van der Waals surface area (Å²) in [6.07, 6.45) is 0.882. The molecule has 0 aliphatic carbocycles. The van der Waals surface area contributed by atoms with Crippen molar-refractivity contribution in [3.63, 3.8) is 0 Å². The van der Waals surface area contributed by atoms with E-state index >= 15 is 0 Å². The first-order valence-electron chi connectivity index (χ1n) is 7.13. The van der Waals surface area contributed by atoms with Crippen LogP contribution in [0.5, 0.6) is 0 Å². The quantitative estimate of drug-likeness (QED) is 0.696. The molecule has 2 rings (SSSR count). The average Bonchev–Trinajstić information content (AvgIpc) is 2.65. The van der Waals surface area contributed by atoms with E-state index in [4.69, 9.17) is 0 Å². The second kappa shape index (κ2) is 6.86. The highest BCUT2D eigenvalue weighted by Gasteiger charge is 2.22. The van der Waals surface area contributed by atoms with Crippen molar-refractivity contribution in [1.82, 2.24) is 20.0 Å². The number of nitrogens with one attached hydrogen (secondary N) is 1. The molecule has 0 bridgehead atoms. The number of carbonyl (C=O) groups excluding carboxylic acids is 2. The Balaban J connectivity index is 1.80. The van der Waals surface area contributed by atoms with Gasteiger partial charge < -0.3 is 15.1 Å². The lowest BCUT2D eigenvalue weighted by Crippen LogP contribution is -2.49. The average molecular weight is 268 g/mol. The zero-order chi connectivity index (χ0) is 13.7. The minimum absolute atomic E-state index is 0.108. The summed E-state index contributed by atoms with van der Waals surface area (Å²) in [6, 6.07) is 0. The van der Waals surface area contributed by atoms with E-state index < -0.39 is 0 Å². The molecule has 2 aliphatic rings. The minimum atomic E-state index is 0.108. The maximum atomic E-state index is 12.3. The molecule has 6 nitrogen and oxygen atoms in total. The standard InChI is InChI=1S/C13H24N4O2/c1-12(18)16-5-2-6-17(10-9-16)13(19)11-15-7-3-14-4-8-15/h14H,2-11H2,1H3. The van der Waals surface area contributed by atoms with Crippen LogP contribution in [-0.4, -0.2) is 85.4 Å². The molecule has 2 aliphatic heterocycles. The van der Waals surface area contributed by atoms with Crippen LogP contribution in [0.2, 0.25) is 0 Å². The molecular weight excluding hydrogens is 244 g/mol. The van der Waals surface area contributed by atoms with Crippen molar-refractivity contribution >= 4 is 11.8 Å². The van der Waals surface area contributed by atoms with E-state index in [9.17, 15) is 9.59 Å². The molecule has 6 heteroatoms. The Hall–Kier alpha value is -1.14. The lowest BCUT2D eigenvalue weighted by molar-refractivity contribution is -0.133. The van der Waals surface area contributed by atoms with E-state index in [-0.39, 0.29) is 11.8 Å². The van der Waals surface area contributed by atoms with Gasteiger partial charge in [-0.1, -0.05) is 0 Å². The van der Waals surface area contributed by atoms with Gasteiger partial charge in [0.05, 0.1) is 6.54 Å². The molecule has 19 heavy (non-hydrogen) atoms. The second-order valence-electron chi connectivity index (χ2n) is 5.27. The lowest BCUT2D eigenvalue weighted by Gasteiger charge is -2.29. The normalized spacial score (nSPS) is 22.2. The Morgan fingerprint density at radius 2 is 1.58 bits per heavy atom. The Kier molecular flexibility index (Phi) is 5.15. The fourth-order valence-electron chi connectivity index (χ4n) is 2.64. The Morgan fingerprint density at radius 1 is 0.947 bits per heavy atom. The van der Waals surface area contributed by atoms with Crippen LogP contribution in [0.1, 0.15) is 13.3 Å². The van der Waals surface area contributed by atoms with Gasteiger partial charge in [-0.25, -0.2) is 0 Å². The molecule has 0 aromatic carbocycles. The molecule has 108 valence electrons. The van der Waals surface area contributed by atoms with Crippen LogP contribution in [0, 0.1) is 0 Å². The molecule has 0 atom stereocenters. The fourth-order valence-corrected chi connectivity index (χ4v) is 2.64. The number of carbonyl (C=O) groups is 2. The van der Waals surface area contributed by atoms with E-state index in [1.165, 1.54) is 0 Å². The monoisotopic (exact) mass is 268 g/mol. The topological polar surface area (TPSA) is 55.9 Å². The lowest BCUT2D eigenvalue weighted by atomic mass is 10.3. The molecule has 0 spiro atoms. The molecule has 2 amide bonds. The van der Waals surface area contributed by atoms with Gasteiger partial charge in [0.15, 0.2) is 0 Å². The first-order valence-corrected chi connectivity index (χ1v) is 7.13. The maximum absolute atomic E-state index is 12.3. The Bertz CT molecular complexity index is 329. The highest BCUT2D eigenvalue weighted by atomic mass is 16.2. The molecule has 0 aromatic heterocycles. The molecule has 2 saturated heterocycles. The SMILES string of the molecule is CC(=O)N1CCCN(C(=O)CN2CCNCC2)CC1. The van der Waals surface area contributed by atoms with E-state index in [1.807, 2.05) is 9.80 Å². The van der Waals surface area contributed by atoms with Crippen LogP contribution in [0.25, 0.3) is 0 Å². The van der Waals surface area contributed by atoms with Gasteiger partial charge in [-0.2, -0.15) is 0 Å². The summed E-state index contributed by atoms with van der Waals surface area (Å²) >= 11 is 0. The number of hydrogen-bond acceptors (Lipinski definition) is 4. The van der Waals surface area contributed by atoms with Gasteiger partial charge >= 0.3 is 0 Å². The summed E-state index contributed by atoms with van der Waals surface area (Å²) in [5.74, 6) is 0.309. The van der Waals surface area contributed by atoms with Gasteiger partial charge in [0.25, 0.3) is 0 Å². The van der Waals surface area contributed by atoms with Crippen molar-refractivity contribution in [2.75, 3.05) is 58.9 Å². The zero-order valence-electron chi connectivity index (χ0n) is 11.7. The molecule has 2 fully saturated rings. The van der Waals surface area contributed by atoms with Gasteiger partial charge in [-0.3, -0.25) is 14.5 Å². The highest BCUT2D eigenvalue weighted by molar-refractivity contribution is 5.78. The van der Waals surface area contributed by atoms with Crippen molar-refractivity contribution in [2.24, 2.45) is 0 Å². The zero-order valence-corrected chi connectivity index (χ0v) is 11.7. The van der Waals surface area contributed by atoms with E-state index in [0.29, 0.717) is 19.6 Å². The van der Waals surface area contributed by atoms with Crippen molar-refractivity contribution in [3.8, 4) is 0 Å². The van der Waals surface area contributed by atoms with E-state index in [1.54, 1.807) is 6.92 Å². The summed E-state index contributed by atoms with van der Waals surface area (Å²) in [5, 5.41) is 3.29. The van der Waals surface area contributed by atoms with Gasteiger partial charge in [0.2, 0.25) is 11.8 Å². The first-order chi connectivity index (χ1) is 9.16. The first kappa shape index (κ1) is 14.3. The predicted molar refractivity (Wildman–Crippen MR) is 72.8 cm³/mol. The van der Waals surface area contributed by atoms with Crippen molar-refractivity contribution in [1.29, 1.82) is 0 Å². The number of piperazine rings is 1. The third-order valence-electron chi connectivity index (χ3n) is 3.86. The summed E-state index contributed by atoms with van der Waals surface area (Å²) in [7, 11) is 0. The summed E-state index contributed by atoms with van der Waals surface area (Å²) < 4.78 is 0. The minimum Gasteiger partial charge on any atom is -0.341 e. The predicted octanol–water partition coefficient (Wildman–Crippen LogP) is -1.03. The number of rotatable bonds is 2. The van der Waals surface area contributed by atoms with Gasteiger partial charge in [0, 0.05) is 59.3 Å².